The molecule has 0 aliphatic carbocycles. The minimum atomic E-state index is -4.70. The van der Waals surface area contributed by atoms with Crippen molar-refractivity contribution in [2.75, 3.05) is 18.1 Å². The maximum Gasteiger partial charge on any atom is 0.240 e. The van der Waals surface area contributed by atoms with Gasteiger partial charge < -0.3 is 27.3 Å². The van der Waals surface area contributed by atoms with E-state index in [4.69, 9.17) is 33.3 Å². The molecule has 1 aromatic heterocycles. The second-order valence-electron chi connectivity index (χ2n) is 7.03. The molecule has 0 aliphatic heterocycles. The minimum Gasteiger partial charge on any atom is -0.395 e. The van der Waals surface area contributed by atoms with Crippen molar-refractivity contribution in [3.63, 3.8) is 0 Å². The minimum absolute atomic E-state index is 0.105. The van der Waals surface area contributed by atoms with E-state index in [1.54, 1.807) is 18.2 Å². The molecule has 3 rings (SSSR count). The number of imidazole rings is 1. The van der Waals surface area contributed by atoms with Gasteiger partial charge in [0, 0.05) is 17.2 Å². The monoisotopic (exact) mass is 497 g/mol. The predicted octanol–water partition coefficient (Wildman–Crippen LogP) is -2.36. The smallest absolute Gasteiger partial charge is 0.240 e. The van der Waals surface area contributed by atoms with E-state index in [9.17, 15) is 16.8 Å². The van der Waals surface area contributed by atoms with Crippen LogP contribution in [-0.4, -0.2) is 56.1 Å². The summed E-state index contributed by atoms with van der Waals surface area (Å²) in [6, 6.07) is 6.18. The van der Waals surface area contributed by atoms with Crippen LogP contribution in [0, 0.1) is 0 Å². The normalized spacial score (nSPS) is 13.9. The molecule has 0 saturated heterocycles. The average molecular weight is 498 g/mol. The van der Waals surface area contributed by atoms with Gasteiger partial charge in [0.15, 0.2) is 21.6 Å². The number of primary sulfonamides is 1. The van der Waals surface area contributed by atoms with Gasteiger partial charge in [-0.15, -0.1) is 5.10 Å². The number of hydrazone groups is 1. The van der Waals surface area contributed by atoms with Crippen molar-refractivity contribution in [3.8, 4) is 11.1 Å². The van der Waals surface area contributed by atoms with Crippen molar-refractivity contribution < 1.29 is 21.9 Å². The summed E-state index contributed by atoms with van der Waals surface area (Å²) in [5.74, 6) is 4.12. The van der Waals surface area contributed by atoms with Crippen LogP contribution in [0.25, 0.3) is 22.2 Å². The topological polar surface area (TPSA) is 272 Å². The zero-order valence-corrected chi connectivity index (χ0v) is 18.7. The van der Waals surface area contributed by atoms with Gasteiger partial charge in [-0.1, -0.05) is 18.2 Å². The van der Waals surface area contributed by atoms with Gasteiger partial charge in [-0.2, -0.15) is 0 Å². The highest BCUT2D eigenvalue weighted by molar-refractivity contribution is 7.93. The summed E-state index contributed by atoms with van der Waals surface area (Å²) >= 11 is 0. The van der Waals surface area contributed by atoms with Gasteiger partial charge in [0.2, 0.25) is 10.0 Å². The number of para-hydroxylation sites is 1. The standard InChI is InChI=1S/C17H23N9O5S2/c18-8(6-27)7-32(28,29)12-5-4-9(10-2-1-3-11-14(10)24-17(20)23-11)13(16(19)25-26-21)15(12)33(22,30)31/h1-5,8,26-27H,6-7,18,21H2,(H2,19,25)(H3,20,23,24)(H2,22,30,31). The van der Waals surface area contributed by atoms with E-state index in [1.165, 1.54) is 6.07 Å². The van der Waals surface area contributed by atoms with Crippen LogP contribution in [0.1, 0.15) is 5.56 Å². The maximum atomic E-state index is 13.0. The van der Waals surface area contributed by atoms with Crippen LogP contribution in [0.2, 0.25) is 0 Å². The number of aromatic amines is 1. The Morgan fingerprint density at radius 3 is 2.48 bits per heavy atom. The van der Waals surface area contributed by atoms with E-state index in [0.717, 1.165) is 6.07 Å². The molecular formula is C17H23N9O5S2. The van der Waals surface area contributed by atoms with Gasteiger partial charge in [0.1, 0.15) is 4.90 Å². The Hall–Kier alpha value is -3.28. The first-order valence-corrected chi connectivity index (χ1v) is 12.4. The number of benzene rings is 2. The molecule has 1 unspecified atom stereocenters. The van der Waals surface area contributed by atoms with E-state index in [2.05, 4.69) is 15.1 Å². The van der Waals surface area contributed by atoms with Gasteiger partial charge in [-0.3, -0.25) is 0 Å². The van der Waals surface area contributed by atoms with Crippen molar-refractivity contribution >= 4 is 42.7 Å². The summed E-state index contributed by atoms with van der Waals surface area (Å²) in [7, 11) is -9.04. The Morgan fingerprint density at radius 2 is 1.88 bits per heavy atom. The number of nitrogens with two attached hydrogens (primary N) is 5. The van der Waals surface area contributed by atoms with Crippen LogP contribution < -0.4 is 33.7 Å². The lowest BCUT2D eigenvalue weighted by molar-refractivity contribution is 0.274. The molecule has 3 aromatic rings. The Balaban J connectivity index is 2.48. The number of sulfonamides is 1. The van der Waals surface area contributed by atoms with Crippen molar-refractivity contribution in [2.45, 2.75) is 15.8 Å². The molecule has 0 bridgehead atoms. The number of hydrogen-bond acceptors (Lipinski definition) is 11. The molecule has 0 fully saturated rings. The largest absolute Gasteiger partial charge is 0.395 e. The number of H-pyrrole nitrogens is 1. The van der Waals surface area contributed by atoms with Crippen LogP contribution in [-0.2, 0) is 19.9 Å². The van der Waals surface area contributed by atoms with Crippen LogP contribution in [0.4, 0.5) is 5.95 Å². The quantitative estimate of drug-likeness (QED) is 0.0705. The number of aromatic nitrogens is 2. The number of nitrogen functional groups attached to an aromatic ring is 1. The molecule has 178 valence electrons. The van der Waals surface area contributed by atoms with Crippen molar-refractivity contribution in [1.29, 1.82) is 0 Å². The number of rotatable bonds is 8. The lowest BCUT2D eigenvalue weighted by Gasteiger charge is -2.18. The fraction of sp³-hybridized carbons (Fsp3) is 0.176. The van der Waals surface area contributed by atoms with E-state index in [0.29, 0.717) is 16.6 Å². The third-order valence-electron chi connectivity index (χ3n) is 4.67. The first-order chi connectivity index (χ1) is 15.4. The number of sulfone groups is 1. The highest BCUT2D eigenvalue weighted by Gasteiger charge is 2.32. The van der Waals surface area contributed by atoms with Crippen LogP contribution in [0.5, 0.6) is 0 Å². The lowest BCUT2D eigenvalue weighted by atomic mass is 9.97. The van der Waals surface area contributed by atoms with E-state index in [-0.39, 0.29) is 17.1 Å². The molecule has 0 aliphatic rings. The SMILES string of the molecule is NN/N=C(\N)c1c(-c2cccc3[nH]c(N)nc23)ccc(S(=O)(=O)CC(N)CO)c1S(N)(=O)=O. The Morgan fingerprint density at radius 1 is 1.18 bits per heavy atom. The number of hydrogen-bond donors (Lipinski definition) is 8. The lowest BCUT2D eigenvalue weighted by Crippen LogP contribution is -2.34. The predicted molar refractivity (Wildman–Crippen MR) is 122 cm³/mol. The molecule has 2 aromatic carbocycles. The molecule has 0 amide bonds. The number of aliphatic hydroxyl groups is 1. The molecule has 14 nitrogen and oxygen atoms in total. The molecule has 0 saturated carbocycles. The van der Waals surface area contributed by atoms with Crippen molar-refractivity contribution in [1.82, 2.24) is 15.5 Å². The summed E-state index contributed by atoms with van der Waals surface area (Å²) < 4.78 is 51.3. The molecule has 16 heteroatoms. The van der Waals surface area contributed by atoms with Gasteiger partial charge in [-0.05, 0) is 17.7 Å². The Bertz CT molecular complexity index is 1450. The summed E-state index contributed by atoms with van der Waals surface area (Å²) in [5, 5.41) is 18.2. The zero-order valence-electron chi connectivity index (χ0n) is 17.1. The Labute approximate surface area is 188 Å². The highest BCUT2D eigenvalue weighted by Crippen LogP contribution is 2.36. The van der Waals surface area contributed by atoms with Gasteiger partial charge in [0.05, 0.1) is 28.3 Å². The van der Waals surface area contributed by atoms with Gasteiger partial charge in [-0.25, -0.2) is 38.3 Å². The molecule has 1 heterocycles. The molecule has 13 N–H and O–H groups in total. The number of aliphatic hydroxyl groups excluding tert-OH is 1. The zero-order chi connectivity index (χ0) is 24.6. The first kappa shape index (κ1) is 24.4. The van der Waals surface area contributed by atoms with Crippen LogP contribution in [0.3, 0.4) is 0 Å². The second-order valence-corrected chi connectivity index (χ2v) is 10.5. The van der Waals surface area contributed by atoms with Crippen molar-refractivity contribution in [3.05, 3.63) is 35.9 Å². The first-order valence-electron chi connectivity index (χ1n) is 9.23. The van der Waals surface area contributed by atoms with Crippen LogP contribution >= 0.6 is 0 Å². The number of hydrazine groups is 1. The molecule has 1 atom stereocenters. The summed E-state index contributed by atoms with van der Waals surface area (Å²) in [4.78, 5) is 5.60. The maximum absolute atomic E-state index is 13.0. The summed E-state index contributed by atoms with van der Waals surface area (Å²) in [6.07, 6.45) is 0. The van der Waals surface area contributed by atoms with Gasteiger partial charge in [0.25, 0.3) is 0 Å². The summed E-state index contributed by atoms with van der Waals surface area (Å²) in [5.41, 5.74) is 20.4. The number of amidine groups is 1. The number of anilines is 1. The number of nitrogens with zero attached hydrogens (tertiary/aromatic N) is 2. The molecular weight excluding hydrogens is 474 g/mol. The van der Waals surface area contributed by atoms with E-state index < -0.39 is 53.9 Å². The second kappa shape index (κ2) is 8.93. The fourth-order valence-electron chi connectivity index (χ4n) is 3.39. The molecule has 33 heavy (non-hydrogen) atoms. The van der Waals surface area contributed by atoms with Gasteiger partial charge >= 0.3 is 0 Å². The Kier molecular flexibility index (Phi) is 6.59. The van der Waals surface area contributed by atoms with E-state index in [1.807, 2.05) is 5.53 Å². The van der Waals surface area contributed by atoms with Crippen molar-refractivity contribution in [2.24, 2.45) is 27.6 Å². The number of fused-ring (bicyclic) bond motifs is 1. The third kappa shape index (κ3) is 4.75. The summed E-state index contributed by atoms with van der Waals surface area (Å²) in [6.45, 7) is -0.641. The molecule has 0 radical (unpaired) electrons. The third-order valence-corrected chi connectivity index (χ3v) is 7.67. The van der Waals surface area contributed by atoms with Crippen LogP contribution in [0.15, 0.2) is 45.2 Å². The molecule has 0 spiro atoms. The number of nitrogens with one attached hydrogen (secondary N) is 2. The van der Waals surface area contributed by atoms with E-state index >= 15 is 0 Å². The fourth-order valence-corrected chi connectivity index (χ4v) is 6.47. The average Bonchev–Trinajstić information content (AvgIpc) is 3.12. The highest BCUT2D eigenvalue weighted by atomic mass is 32.2.